The number of pyridine rings is 1. The third kappa shape index (κ3) is 6.12. The lowest BCUT2D eigenvalue weighted by atomic mass is 9.93. The first-order chi connectivity index (χ1) is 16.8. The van der Waals surface area contributed by atoms with E-state index in [9.17, 15) is 18.0 Å². The van der Waals surface area contributed by atoms with E-state index in [1.807, 2.05) is 28.9 Å². The van der Waals surface area contributed by atoms with Gasteiger partial charge in [-0.05, 0) is 25.0 Å². The molecule has 2 heterocycles. The average molecular weight is 491 g/mol. The van der Waals surface area contributed by atoms with Gasteiger partial charge in [-0.1, -0.05) is 18.9 Å². The van der Waals surface area contributed by atoms with Gasteiger partial charge in [-0.2, -0.15) is 0 Å². The lowest BCUT2D eigenvalue weighted by Gasteiger charge is -2.28. The second-order valence-corrected chi connectivity index (χ2v) is 8.83. The van der Waals surface area contributed by atoms with Gasteiger partial charge < -0.3 is 25.3 Å². The quantitative estimate of drug-likeness (QED) is 0.493. The number of anilines is 2. The molecular formula is C25H33F3N6O. The number of nitrogens with one attached hydrogen (secondary N) is 1. The molecule has 1 aliphatic carbocycles. The van der Waals surface area contributed by atoms with Crippen molar-refractivity contribution in [2.45, 2.75) is 51.0 Å². The summed E-state index contributed by atoms with van der Waals surface area (Å²) in [7, 11) is 4.63. The fraction of sp³-hybridized carbons (Fsp3) is 0.440. The summed E-state index contributed by atoms with van der Waals surface area (Å²) in [5.41, 5.74) is 7.92. The van der Waals surface area contributed by atoms with Gasteiger partial charge in [-0.25, -0.2) is 18.2 Å². The van der Waals surface area contributed by atoms with Crippen molar-refractivity contribution in [2.24, 2.45) is 5.73 Å². The third-order valence-corrected chi connectivity index (χ3v) is 6.18. The molecule has 3 aromatic rings. The van der Waals surface area contributed by atoms with Crippen molar-refractivity contribution >= 4 is 23.4 Å². The van der Waals surface area contributed by atoms with E-state index in [1.54, 1.807) is 20.3 Å². The zero-order valence-corrected chi connectivity index (χ0v) is 20.3. The van der Waals surface area contributed by atoms with Crippen LogP contribution in [0.4, 0.5) is 24.5 Å². The van der Waals surface area contributed by atoms with Gasteiger partial charge in [-0.15, -0.1) is 0 Å². The van der Waals surface area contributed by atoms with Crippen molar-refractivity contribution in [2.75, 3.05) is 30.9 Å². The minimum Gasteiger partial charge on any atom is -0.374 e. The number of fused-ring (bicyclic) bond motifs is 1. The number of rotatable bonds is 7. The first kappa shape index (κ1) is 26.5. The van der Waals surface area contributed by atoms with E-state index in [4.69, 9.17) is 5.73 Å². The van der Waals surface area contributed by atoms with Gasteiger partial charge in [0.15, 0.2) is 11.6 Å². The smallest absolute Gasteiger partial charge is 0.213 e. The molecule has 2 aromatic heterocycles. The standard InChI is InChI=1S/C17H24F3N3O.C8H9N3/c1-22(2)17-14(23(3)10-24)8-11(15(19)16(17)20)9-21-13-7-5-4-6-12(13)18;9-6-7-2-1-4-11-5-3-10-8(7)11/h8,10,12-13,21H,4-7,9H2,1-3H3;1-5H,6,9H2/t12-,13+;/m0./s1. The summed E-state index contributed by atoms with van der Waals surface area (Å²) in [5, 5.41) is 2.99. The normalized spacial score (nSPS) is 17.6. The molecule has 0 saturated heterocycles. The highest BCUT2D eigenvalue weighted by Crippen LogP contribution is 2.34. The van der Waals surface area contributed by atoms with Crippen LogP contribution in [0.25, 0.3) is 5.65 Å². The maximum absolute atomic E-state index is 14.5. The summed E-state index contributed by atoms with van der Waals surface area (Å²) in [4.78, 5) is 17.8. The number of benzene rings is 1. The number of hydrogen-bond donors (Lipinski definition) is 2. The topological polar surface area (TPSA) is 78.9 Å². The van der Waals surface area contributed by atoms with Gasteiger partial charge >= 0.3 is 0 Å². The van der Waals surface area contributed by atoms with Gasteiger partial charge in [0.05, 0.1) is 11.4 Å². The Bertz CT molecular complexity index is 1140. The monoisotopic (exact) mass is 490 g/mol. The van der Waals surface area contributed by atoms with Crippen LogP contribution in [0.2, 0.25) is 0 Å². The molecule has 4 rings (SSSR count). The summed E-state index contributed by atoms with van der Waals surface area (Å²) >= 11 is 0. The van der Waals surface area contributed by atoms with Gasteiger partial charge in [0.1, 0.15) is 11.8 Å². The van der Waals surface area contributed by atoms with Crippen molar-refractivity contribution in [1.29, 1.82) is 0 Å². The van der Waals surface area contributed by atoms with Crippen LogP contribution in [0.1, 0.15) is 36.8 Å². The number of aromatic nitrogens is 2. The Morgan fingerprint density at radius 1 is 1.17 bits per heavy atom. The van der Waals surface area contributed by atoms with Gasteiger partial charge in [0.25, 0.3) is 0 Å². The Kier molecular flexibility index (Phi) is 9.11. The number of carbonyl (C=O) groups is 1. The van der Waals surface area contributed by atoms with E-state index < -0.39 is 17.8 Å². The molecule has 0 aliphatic heterocycles. The molecule has 1 amide bonds. The molecule has 0 unspecified atom stereocenters. The first-order valence-corrected chi connectivity index (χ1v) is 11.6. The molecule has 1 aliphatic rings. The molecule has 7 nitrogen and oxygen atoms in total. The van der Waals surface area contributed by atoms with E-state index in [2.05, 4.69) is 10.3 Å². The number of carbonyl (C=O) groups excluding carboxylic acids is 1. The molecule has 1 aromatic carbocycles. The van der Waals surface area contributed by atoms with Crippen LogP contribution < -0.4 is 20.9 Å². The highest BCUT2D eigenvalue weighted by Gasteiger charge is 2.26. The largest absolute Gasteiger partial charge is 0.374 e. The molecule has 10 heteroatoms. The average Bonchev–Trinajstić information content (AvgIpc) is 3.34. The molecule has 190 valence electrons. The summed E-state index contributed by atoms with van der Waals surface area (Å²) in [5.74, 6) is -1.98. The molecule has 1 fully saturated rings. The number of alkyl halides is 1. The number of hydrogen-bond acceptors (Lipinski definition) is 5. The zero-order chi connectivity index (χ0) is 25.5. The SMILES string of the molecule is CN(C)c1c(N(C)C=O)cc(CN[C@@H]2CCCC[C@@H]2F)c(F)c1F.NCc1cccn2ccnc12. The first-order valence-electron chi connectivity index (χ1n) is 11.6. The summed E-state index contributed by atoms with van der Waals surface area (Å²) in [6.45, 7) is 0.558. The number of nitrogens with zero attached hydrogens (tertiary/aromatic N) is 4. The molecule has 35 heavy (non-hydrogen) atoms. The highest BCUT2D eigenvalue weighted by atomic mass is 19.2. The number of nitrogens with two attached hydrogens (primary N) is 1. The van der Waals surface area contributed by atoms with Gasteiger partial charge in [0.2, 0.25) is 6.41 Å². The maximum Gasteiger partial charge on any atom is 0.213 e. The minimum atomic E-state index is -1.01. The number of imidazole rings is 1. The van der Waals surface area contributed by atoms with E-state index in [-0.39, 0.29) is 29.5 Å². The van der Waals surface area contributed by atoms with Crippen LogP contribution in [0.3, 0.4) is 0 Å². The molecule has 0 radical (unpaired) electrons. The molecule has 2 atom stereocenters. The Balaban J connectivity index is 0.000000256. The number of halogens is 3. The van der Waals surface area contributed by atoms with Crippen LogP contribution in [0.5, 0.6) is 0 Å². The predicted octanol–water partition coefficient (Wildman–Crippen LogP) is 3.79. The van der Waals surface area contributed by atoms with Crippen molar-refractivity contribution in [3.8, 4) is 0 Å². The minimum absolute atomic E-state index is 0.00637. The fourth-order valence-corrected chi connectivity index (χ4v) is 4.26. The van der Waals surface area contributed by atoms with E-state index >= 15 is 0 Å². The summed E-state index contributed by atoms with van der Waals surface area (Å²) < 4.78 is 44.7. The Morgan fingerprint density at radius 3 is 2.57 bits per heavy atom. The maximum atomic E-state index is 14.5. The Hall–Kier alpha value is -3.11. The van der Waals surface area contributed by atoms with Crippen molar-refractivity contribution in [1.82, 2.24) is 14.7 Å². The number of amides is 1. The lowest BCUT2D eigenvalue weighted by molar-refractivity contribution is -0.107. The van der Waals surface area contributed by atoms with E-state index in [0.717, 1.165) is 24.1 Å². The molecule has 0 spiro atoms. The predicted molar refractivity (Wildman–Crippen MR) is 132 cm³/mol. The van der Waals surface area contributed by atoms with Gasteiger partial charge in [-0.3, -0.25) is 4.79 Å². The zero-order valence-electron chi connectivity index (χ0n) is 20.3. The molecule has 0 bridgehead atoms. The summed E-state index contributed by atoms with van der Waals surface area (Å²) in [6.07, 6.45) is 8.17. The molecular weight excluding hydrogens is 457 g/mol. The van der Waals surface area contributed by atoms with E-state index in [1.165, 1.54) is 22.9 Å². The lowest BCUT2D eigenvalue weighted by Crippen LogP contribution is -2.39. The van der Waals surface area contributed by atoms with Crippen LogP contribution in [-0.4, -0.2) is 49.2 Å². The Labute approximate surface area is 203 Å². The van der Waals surface area contributed by atoms with Crippen molar-refractivity contribution < 1.29 is 18.0 Å². The van der Waals surface area contributed by atoms with Crippen LogP contribution in [0.15, 0.2) is 36.8 Å². The summed E-state index contributed by atoms with van der Waals surface area (Å²) in [6, 6.07) is 5.05. The van der Waals surface area contributed by atoms with E-state index in [0.29, 0.717) is 25.8 Å². The molecule has 1 saturated carbocycles. The Morgan fingerprint density at radius 2 is 1.91 bits per heavy atom. The highest BCUT2D eigenvalue weighted by molar-refractivity contribution is 5.84. The van der Waals surface area contributed by atoms with Crippen molar-refractivity contribution in [3.63, 3.8) is 0 Å². The molecule has 3 N–H and O–H groups in total. The van der Waals surface area contributed by atoms with Crippen LogP contribution in [-0.2, 0) is 17.9 Å². The fourth-order valence-electron chi connectivity index (χ4n) is 4.26. The van der Waals surface area contributed by atoms with Gasteiger partial charge in [0, 0.05) is 70.0 Å². The van der Waals surface area contributed by atoms with Crippen molar-refractivity contribution in [3.05, 3.63) is 59.6 Å². The third-order valence-electron chi connectivity index (χ3n) is 6.18. The second-order valence-electron chi connectivity index (χ2n) is 8.83. The second kappa shape index (κ2) is 12.0. The van der Waals surface area contributed by atoms with Crippen LogP contribution in [0, 0.1) is 11.6 Å². The van der Waals surface area contributed by atoms with Crippen LogP contribution >= 0.6 is 0 Å².